The van der Waals surface area contributed by atoms with Crippen molar-refractivity contribution in [2.45, 2.75) is 0 Å². The van der Waals surface area contributed by atoms with Crippen molar-refractivity contribution in [3.63, 3.8) is 0 Å². The first-order valence-corrected chi connectivity index (χ1v) is 9.10. The molecule has 0 unspecified atom stereocenters. The molecule has 3 aromatic carbocycles. The molecule has 0 aliphatic heterocycles. The van der Waals surface area contributed by atoms with Gasteiger partial charge in [0.15, 0.2) is 34.8 Å². The molecule has 16 heteroatoms. The van der Waals surface area contributed by atoms with Crippen molar-refractivity contribution in [3.05, 3.63) is 80.4 Å². The van der Waals surface area contributed by atoms with E-state index < -0.39 is 103 Å². The van der Waals surface area contributed by atoms with Crippen molar-refractivity contribution >= 4 is 0 Å². The minimum atomic E-state index is -2.65. The van der Waals surface area contributed by atoms with Gasteiger partial charge in [-0.2, -0.15) is 47.4 Å². The van der Waals surface area contributed by atoms with Crippen LogP contribution in [0.1, 0.15) is 22.3 Å². The topological polar surface area (TPSA) is 114 Å². The molecule has 0 saturated carbocycles. The molecule has 0 aromatic heterocycles. The standard InChI is InChI=1S/C22F10N4O2/c23-9-5(1-33)7(3-35)19(13(27)11(9)25)37-21-15(29)17(31)22(18(32)16(21)30)38-20-8(4-36)6(2-34)10(24)12(26)14(20)28. The number of nitriles is 4. The molecule has 190 valence electrons. The summed E-state index contributed by atoms with van der Waals surface area (Å²) in [6.07, 6.45) is 0. The maximum absolute atomic E-state index is 14.6. The van der Waals surface area contributed by atoms with Gasteiger partial charge in [-0.3, -0.25) is 0 Å². The molecule has 0 N–H and O–H groups in total. The Balaban J connectivity index is 2.27. The number of hydrogen-bond donors (Lipinski definition) is 0. The van der Waals surface area contributed by atoms with Gasteiger partial charge in [-0.05, 0) is 0 Å². The summed E-state index contributed by atoms with van der Waals surface area (Å²) in [7, 11) is 0. The van der Waals surface area contributed by atoms with E-state index >= 15 is 0 Å². The number of rotatable bonds is 4. The molecule has 0 aliphatic carbocycles. The SMILES string of the molecule is N#Cc1c(F)c(F)c(F)c(Oc2c(F)c(F)c(Oc3c(F)c(F)c(F)c(C#N)c3C#N)c(F)c2F)c1C#N. The van der Waals surface area contributed by atoms with Gasteiger partial charge in [0, 0.05) is 0 Å². The Bertz CT molecular complexity index is 1570. The van der Waals surface area contributed by atoms with E-state index in [4.69, 9.17) is 21.0 Å². The zero-order chi connectivity index (χ0) is 28.6. The number of benzene rings is 3. The zero-order valence-corrected chi connectivity index (χ0v) is 17.4. The third-order valence-electron chi connectivity index (χ3n) is 4.60. The predicted octanol–water partition coefficient (Wildman–Crippen LogP) is 6.15. The van der Waals surface area contributed by atoms with Gasteiger partial charge in [-0.25, -0.2) is 17.6 Å². The molecule has 3 rings (SSSR count). The maximum atomic E-state index is 14.6. The van der Waals surface area contributed by atoms with E-state index in [0.29, 0.717) is 0 Å². The summed E-state index contributed by atoms with van der Waals surface area (Å²) in [6, 6.07) is 3.86. The minimum Gasteiger partial charge on any atom is -0.446 e. The van der Waals surface area contributed by atoms with Crippen molar-refractivity contribution in [3.8, 4) is 47.3 Å². The van der Waals surface area contributed by atoms with Crippen LogP contribution in [-0.2, 0) is 0 Å². The monoisotopic (exact) mass is 542 g/mol. The third-order valence-corrected chi connectivity index (χ3v) is 4.60. The van der Waals surface area contributed by atoms with Crippen LogP contribution in [-0.4, -0.2) is 0 Å². The Labute approximate surface area is 202 Å². The lowest BCUT2D eigenvalue weighted by molar-refractivity contribution is 0.312. The Morgan fingerprint density at radius 2 is 0.553 bits per heavy atom. The highest BCUT2D eigenvalue weighted by atomic mass is 19.2. The lowest BCUT2D eigenvalue weighted by Gasteiger charge is -2.16. The van der Waals surface area contributed by atoms with Crippen molar-refractivity contribution in [1.82, 2.24) is 0 Å². The summed E-state index contributed by atoms with van der Waals surface area (Å²) in [5.41, 5.74) is -5.96. The molecule has 0 atom stereocenters. The summed E-state index contributed by atoms with van der Waals surface area (Å²) in [5.74, 6) is -33.0. The first-order valence-electron chi connectivity index (χ1n) is 9.10. The number of nitrogens with zero attached hydrogens (tertiary/aromatic N) is 4. The summed E-state index contributed by atoms with van der Waals surface area (Å²) in [6.45, 7) is 0. The van der Waals surface area contributed by atoms with E-state index in [-0.39, 0.29) is 0 Å². The Morgan fingerprint density at radius 1 is 0.316 bits per heavy atom. The van der Waals surface area contributed by atoms with Crippen LogP contribution in [0.5, 0.6) is 23.0 Å². The molecule has 0 radical (unpaired) electrons. The first-order chi connectivity index (χ1) is 17.9. The fourth-order valence-electron chi connectivity index (χ4n) is 2.87. The quantitative estimate of drug-likeness (QED) is 0.222. The van der Waals surface area contributed by atoms with Crippen molar-refractivity contribution in [1.29, 1.82) is 21.0 Å². The lowest BCUT2D eigenvalue weighted by Crippen LogP contribution is -2.09. The van der Waals surface area contributed by atoms with Gasteiger partial charge in [0.2, 0.25) is 46.4 Å². The molecular weight excluding hydrogens is 542 g/mol. The molecule has 0 spiro atoms. The van der Waals surface area contributed by atoms with E-state index in [1.165, 1.54) is 0 Å². The highest BCUT2D eigenvalue weighted by molar-refractivity contribution is 5.59. The normalized spacial score (nSPS) is 10.3. The largest absolute Gasteiger partial charge is 0.446 e. The van der Waals surface area contributed by atoms with Gasteiger partial charge < -0.3 is 9.47 Å². The average molecular weight is 542 g/mol. The third kappa shape index (κ3) is 3.91. The van der Waals surface area contributed by atoms with Crippen LogP contribution in [0.25, 0.3) is 0 Å². The van der Waals surface area contributed by atoms with Gasteiger partial charge in [0.25, 0.3) is 0 Å². The second kappa shape index (κ2) is 9.88. The number of ether oxygens (including phenoxy) is 2. The van der Waals surface area contributed by atoms with Gasteiger partial charge in [0.05, 0.1) is 0 Å². The Morgan fingerprint density at radius 3 is 0.789 bits per heavy atom. The molecule has 0 heterocycles. The summed E-state index contributed by atoms with van der Waals surface area (Å²) >= 11 is 0. The van der Waals surface area contributed by atoms with Gasteiger partial charge in [-0.15, -0.1) is 0 Å². The Kier molecular flexibility index (Phi) is 7.05. The summed E-state index contributed by atoms with van der Waals surface area (Å²) in [5, 5.41) is 35.8. The molecule has 38 heavy (non-hydrogen) atoms. The van der Waals surface area contributed by atoms with Crippen LogP contribution >= 0.6 is 0 Å². The smallest absolute Gasteiger partial charge is 0.208 e. The zero-order valence-electron chi connectivity index (χ0n) is 17.4. The van der Waals surface area contributed by atoms with Crippen LogP contribution in [0.4, 0.5) is 43.9 Å². The van der Waals surface area contributed by atoms with E-state index in [1.807, 2.05) is 0 Å². The van der Waals surface area contributed by atoms with Crippen LogP contribution in [0.3, 0.4) is 0 Å². The molecule has 3 aromatic rings. The second-order valence-corrected chi connectivity index (χ2v) is 6.61. The van der Waals surface area contributed by atoms with Crippen LogP contribution in [0.15, 0.2) is 0 Å². The molecule has 0 fully saturated rings. The maximum Gasteiger partial charge on any atom is 0.208 e. The number of halogens is 10. The summed E-state index contributed by atoms with van der Waals surface area (Å²) in [4.78, 5) is 0. The molecule has 0 amide bonds. The molecule has 0 aliphatic rings. The fraction of sp³-hybridized carbons (Fsp3) is 0. The Hall–Kier alpha value is -5.48. The van der Waals surface area contributed by atoms with Gasteiger partial charge in [0.1, 0.15) is 46.5 Å². The molecule has 0 bridgehead atoms. The minimum absolute atomic E-state index is 0.949. The second-order valence-electron chi connectivity index (χ2n) is 6.61. The highest BCUT2D eigenvalue weighted by Crippen LogP contribution is 2.43. The molecule has 6 nitrogen and oxygen atoms in total. The fourth-order valence-corrected chi connectivity index (χ4v) is 2.87. The predicted molar refractivity (Wildman–Crippen MR) is 97.9 cm³/mol. The van der Waals surface area contributed by atoms with E-state index in [0.717, 1.165) is 24.3 Å². The van der Waals surface area contributed by atoms with E-state index in [9.17, 15) is 43.9 Å². The van der Waals surface area contributed by atoms with E-state index in [1.54, 1.807) is 0 Å². The van der Waals surface area contributed by atoms with Gasteiger partial charge in [-0.1, -0.05) is 0 Å². The van der Waals surface area contributed by atoms with Crippen LogP contribution in [0, 0.1) is 103 Å². The van der Waals surface area contributed by atoms with Gasteiger partial charge >= 0.3 is 0 Å². The van der Waals surface area contributed by atoms with E-state index in [2.05, 4.69) is 9.47 Å². The number of hydrogen-bond acceptors (Lipinski definition) is 6. The van der Waals surface area contributed by atoms with Crippen molar-refractivity contribution in [2.75, 3.05) is 0 Å². The highest BCUT2D eigenvalue weighted by Gasteiger charge is 2.35. The van der Waals surface area contributed by atoms with Crippen LogP contribution in [0.2, 0.25) is 0 Å². The molecule has 0 saturated heterocycles. The lowest BCUT2D eigenvalue weighted by atomic mass is 10.1. The van der Waals surface area contributed by atoms with Crippen molar-refractivity contribution < 1.29 is 53.4 Å². The molecular formula is C22F10N4O2. The van der Waals surface area contributed by atoms with Crippen molar-refractivity contribution in [2.24, 2.45) is 0 Å². The first kappa shape index (κ1) is 27.1. The average Bonchev–Trinajstić information content (AvgIpc) is 2.91. The van der Waals surface area contributed by atoms with Crippen LogP contribution < -0.4 is 9.47 Å². The summed E-state index contributed by atoms with van der Waals surface area (Å²) < 4.78 is 150.